The van der Waals surface area contributed by atoms with E-state index in [0.717, 1.165) is 45.3 Å². The molecule has 5 nitrogen and oxygen atoms in total. The Bertz CT molecular complexity index is 578. The molecule has 2 rings (SSSR count). The topological polar surface area (TPSA) is 50.8 Å². The maximum Gasteiger partial charge on any atom is 0.254 e. The number of nitrogens with zero attached hydrogens (tertiary/aromatic N) is 1. The molecule has 148 valence electrons. The first kappa shape index (κ1) is 22.9. The molecule has 0 bridgehead atoms. The van der Waals surface area contributed by atoms with E-state index in [4.69, 9.17) is 21.1 Å². The van der Waals surface area contributed by atoms with Crippen molar-refractivity contribution >= 4 is 29.9 Å². The molecular weight excluding hydrogens is 375 g/mol. The van der Waals surface area contributed by atoms with E-state index in [1.807, 2.05) is 4.90 Å². The van der Waals surface area contributed by atoms with Crippen LogP contribution < -0.4 is 14.8 Å². The van der Waals surface area contributed by atoms with Gasteiger partial charge in [0.15, 0.2) is 11.5 Å². The van der Waals surface area contributed by atoms with Gasteiger partial charge >= 0.3 is 0 Å². The molecule has 0 aromatic heterocycles. The van der Waals surface area contributed by atoms with E-state index in [2.05, 4.69) is 19.2 Å². The average Bonchev–Trinajstić information content (AvgIpc) is 3.14. The molecule has 26 heavy (non-hydrogen) atoms. The van der Waals surface area contributed by atoms with Gasteiger partial charge in [0.25, 0.3) is 5.91 Å². The van der Waals surface area contributed by atoms with Crippen LogP contribution in [-0.4, -0.2) is 50.2 Å². The summed E-state index contributed by atoms with van der Waals surface area (Å²) in [6, 6.07) is 3.66. The summed E-state index contributed by atoms with van der Waals surface area (Å²) in [6.07, 6.45) is 3.89. The average molecular weight is 405 g/mol. The summed E-state index contributed by atoms with van der Waals surface area (Å²) in [5, 5.41) is 3.74. The molecule has 0 spiro atoms. The van der Waals surface area contributed by atoms with Gasteiger partial charge in [-0.15, -0.1) is 12.4 Å². The summed E-state index contributed by atoms with van der Waals surface area (Å²) in [4.78, 5) is 15.0. The van der Waals surface area contributed by atoms with Gasteiger partial charge in [0, 0.05) is 24.7 Å². The quantitative estimate of drug-likeness (QED) is 0.627. The van der Waals surface area contributed by atoms with Gasteiger partial charge in [-0.2, -0.15) is 0 Å². The summed E-state index contributed by atoms with van der Waals surface area (Å²) >= 11 is 6.39. The van der Waals surface area contributed by atoms with Crippen molar-refractivity contribution in [2.24, 2.45) is 0 Å². The molecule has 7 heteroatoms. The van der Waals surface area contributed by atoms with Crippen LogP contribution in [-0.2, 0) is 0 Å². The highest BCUT2D eigenvalue weighted by molar-refractivity contribution is 6.32. The van der Waals surface area contributed by atoms with Gasteiger partial charge in [0.1, 0.15) is 0 Å². The number of halogens is 2. The van der Waals surface area contributed by atoms with Crippen molar-refractivity contribution in [3.63, 3.8) is 0 Å². The zero-order chi connectivity index (χ0) is 18.2. The smallest absolute Gasteiger partial charge is 0.254 e. The van der Waals surface area contributed by atoms with Gasteiger partial charge < -0.3 is 19.7 Å². The summed E-state index contributed by atoms with van der Waals surface area (Å²) < 4.78 is 11.2. The van der Waals surface area contributed by atoms with Crippen molar-refractivity contribution < 1.29 is 14.3 Å². The van der Waals surface area contributed by atoms with Crippen molar-refractivity contribution in [2.75, 3.05) is 33.4 Å². The predicted octanol–water partition coefficient (Wildman–Crippen LogP) is 4.16. The summed E-state index contributed by atoms with van der Waals surface area (Å²) in [5.41, 5.74) is 0.546. The van der Waals surface area contributed by atoms with Crippen LogP contribution in [0.2, 0.25) is 5.02 Å². The summed E-state index contributed by atoms with van der Waals surface area (Å²) in [7, 11) is 1.57. The van der Waals surface area contributed by atoms with Gasteiger partial charge in [0.05, 0.1) is 18.7 Å². The molecule has 1 atom stereocenters. The molecule has 1 aromatic rings. The van der Waals surface area contributed by atoms with E-state index in [1.54, 1.807) is 19.2 Å². The molecule has 0 aliphatic carbocycles. The molecule has 1 heterocycles. The third-order valence-electron chi connectivity index (χ3n) is 4.42. The largest absolute Gasteiger partial charge is 0.493 e. The van der Waals surface area contributed by atoms with Gasteiger partial charge in [-0.1, -0.05) is 31.9 Å². The Hall–Kier alpha value is -1.17. The Morgan fingerprint density at radius 1 is 1.35 bits per heavy atom. The minimum Gasteiger partial charge on any atom is -0.493 e. The van der Waals surface area contributed by atoms with Crippen LogP contribution >= 0.6 is 24.0 Å². The zero-order valence-corrected chi connectivity index (χ0v) is 17.4. The molecule has 1 aliphatic heterocycles. The molecule has 0 radical (unpaired) electrons. The standard InChI is InChI=1S/C19H29ClN2O3.ClH/c1-4-6-10-25-18-16(20)11-14(12-17(18)24-3)19(23)22(9-5-2)15-7-8-21-13-15;/h11-12,15,21H,4-10,13H2,1-3H3;1H. The maximum absolute atomic E-state index is 13.1. The van der Waals surface area contributed by atoms with Crippen molar-refractivity contribution in [3.8, 4) is 11.5 Å². The van der Waals surface area contributed by atoms with Gasteiger partial charge in [-0.3, -0.25) is 4.79 Å². The lowest BCUT2D eigenvalue weighted by molar-refractivity contribution is 0.0692. The fourth-order valence-corrected chi connectivity index (χ4v) is 3.33. The number of nitrogens with one attached hydrogen (secondary N) is 1. The Labute approximate surface area is 167 Å². The highest BCUT2D eigenvalue weighted by Crippen LogP contribution is 2.37. The summed E-state index contributed by atoms with van der Waals surface area (Å²) in [6.45, 7) is 7.29. The third kappa shape index (κ3) is 5.66. The molecule has 1 aliphatic rings. The van der Waals surface area contributed by atoms with E-state index >= 15 is 0 Å². The predicted molar refractivity (Wildman–Crippen MR) is 108 cm³/mol. The molecule has 1 fully saturated rings. The molecule has 1 saturated heterocycles. The summed E-state index contributed by atoms with van der Waals surface area (Å²) in [5.74, 6) is 1.02. The lowest BCUT2D eigenvalue weighted by Crippen LogP contribution is -2.42. The van der Waals surface area contributed by atoms with Crippen LogP contribution in [0.25, 0.3) is 0 Å². The monoisotopic (exact) mass is 404 g/mol. The van der Waals surface area contributed by atoms with Crippen LogP contribution in [0.3, 0.4) is 0 Å². The number of carbonyl (C=O) groups excluding carboxylic acids is 1. The maximum atomic E-state index is 13.1. The van der Waals surface area contributed by atoms with E-state index < -0.39 is 0 Å². The number of methoxy groups -OCH3 is 1. The highest BCUT2D eigenvalue weighted by atomic mass is 35.5. The number of rotatable bonds is 9. The Morgan fingerprint density at radius 2 is 2.12 bits per heavy atom. The number of hydrogen-bond donors (Lipinski definition) is 1. The first-order valence-corrected chi connectivity index (χ1v) is 9.52. The van der Waals surface area contributed by atoms with E-state index in [1.165, 1.54) is 0 Å². The molecule has 1 aromatic carbocycles. The molecule has 1 N–H and O–H groups in total. The SMILES string of the molecule is CCCCOc1c(Cl)cc(C(=O)N(CCC)C2CCNC2)cc1OC.Cl. The van der Waals surface area contributed by atoms with Crippen molar-refractivity contribution in [3.05, 3.63) is 22.7 Å². The van der Waals surface area contributed by atoms with Crippen molar-refractivity contribution in [1.29, 1.82) is 0 Å². The van der Waals surface area contributed by atoms with E-state index in [-0.39, 0.29) is 24.4 Å². The Balaban J connectivity index is 0.00000338. The normalized spacial score (nSPS) is 16.1. The first-order valence-electron chi connectivity index (χ1n) is 9.14. The Kier molecular flexibility index (Phi) is 10.1. The van der Waals surface area contributed by atoms with Gasteiger partial charge in [-0.25, -0.2) is 0 Å². The highest BCUT2D eigenvalue weighted by Gasteiger charge is 2.28. The molecule has 1 amide bonds. The Morgan fingerprint density at radius 3 is 2.69 bits per heavy atom. The van der Waals surface area contributed by atoms with E-state index in [0.29, 0.717) is 28.7 Å². The van der Waals surface area contributed by atoms with Crippen LogP contribution in [0.4, 0.5) is 0 Å². The van der Waals surface area contributed by atoms with E-state index in [9.17, 15) is 4.79 Å². The van der Waals surface area contributed by atoms with Crippen LogP contribution in [0.15, 0.2) is 12.1 Å². The molecular formula is C19H30Cl2N2O3. The minimum absolute atomic E-state index is 0. The van der Waals surface area contributed by atoms with Crippen LogP contribution in [0.1, 0.15) is 49.9 Å². The molecule has 1 unspecified atom stereocenters. The van der Waals surface area contributed by atoms with Crippen LogP contribution in [0.5, 0.6) is 11.5 Å². The zero-order valence-electron chi connectivity index (χ0n) is 15.8. The van der Waals surface area contributed by atoms with Gasteiger partial charge in [0.2, 0.25) is 0 Å². The van der Waals surface area contributed by atoms with Crippen LogP contribution in [0, 0.1) is 0 Å². The fourth-order valence-electron chi connectivity index (χ4n) is 3.06. The first-order chi connectivity index (χ1) is 12.1. The molecule has 0 saturated carbocycles. The second-order valence-electron chi connectivity index (χ2n) is 6.34. The van der Waals surface area contributed by atoms with Crippen molar-refractivity contribution in [2.45, 2.75) is 45.6 Å². The third-order valence-corrected chi connectivity index (χ3v) is 4.70. The second kappa shape index (κ2) is 11.5. The second-order valence-corrected chi connectivity index (χ2v) is 6.74. The lowest BCUT2D eigenvalue weighted by atomic mass is 10.1. The fraction of sp³-hybridized carbons (Fsp3) is 0.632. The number of benzene rings is 1. The number of unbranched alkanes of at least 4 members (excludes halogenated alkanes) is 1. The lowest BCUT2D eigenvalue weighted by Gasteiger charge is -2.28. The van der Waals surface area contributed by atoms with Crippen molar-refractivity contribution in [1.82, 2.24) is 10.2 Å². The number of amides is 1. The number of ether oxygens (including phenoxy) is 2. The van der Waals surface area contributed by atoms with Gasteiger partial charge in [-0.05, 0) is 37.9 Å². The number of carbonyl (C=O) groups is 1. The number of hydrogen-bond acceptors (Lipinski definition) is 4. The minimum atomic E-state index is -0.00384.